The molecule has 0 aliphatic heterocycles. The summed E-state index contributed by atoms with van der Waals surface area (Å²) in [7, 11) is 0. The zero-order chi connectivity index (χ0) is 12.5. The van der Waals surface area contributed by atoms with Crippen molar-refractivity contribution in [3.63, 3.8) is 0 Å². The third-order valence-electron chi connectivity index (χ3n) is 1.74. The van der Waals surface area contributed by atoms with E-state index in [2.05, 4.69) is 0 Å². The quantitative estimate of drug-likeness (QED) is 0.659. The predicted octanol–water partition coefficient (Wildman–Crippen LogP) is 3.08. The molecule has 1 rings (SSSR count). The van der Waals surface area contributed by atoms with Gasteiger partial charge in [-0.25, -0.2) is 4.39 Å². The minimum absolute atomic E-state index is 0.00222. The van der Waals surface area contributed by atoms with Gasteiger partial charge in [0.25, 0.3) is 0 Å². The van der Waals surface area contributed by atoms with Crippen LogP contribution in [0.4, 0.5) is 17.6 Å². The van der Waals surface area contributed by atoms with Gasteiger partial charge in [0.1, 0.15) is 11.4 Å². The summed E-state index contributed by atoms with van der Waals surface area (Å²) in [5.74, 6) is -2.68. The Kier molecular flexibility index (Phi) is 3.76. The smallest absolute Gasteiger partial charge is 0.420 e. The van der Waals surface area contributed by atoms with Crippen LogP contribution < -0.4 is 0 Å². The van der Waals surface area contributed by atoms with E-state index in [9.17, 15) is 22.4 Å². The van der Waals surface area contributed by atoms with Crippen molar-refractivity contribution in [1.29, 1.82) is 0 Å². The number of hydrogen-bond acceptors (Lipinski definition) is 1. The number of hydrogen-bond donors (Lipinski definition) is 1. The number of carbonyl (C=O) groups is 1. The maximum Gasteiger partial charge on any atom is 0.420 e. The second-order valence-corrected chi connectivity index (χ2v) is 4.16. The lowest BCUT2D eigenvalue weighted by molar-refractivity contribution is -0.140. The molecule has 16 heavy (non-hydrogen) atoms. The van der Waals surface area contributed by atoms with Gasteiger partial charge in [-0.05, 0) is 40.3 Å². The maximum atomic E-state index is 13.1. The molecule has 0 saturated carbocycles. The molecule has 0 amide bonds. The van der Waals surface area contributed by atoms with Crippen molar-refractivity contribution in [2.45, 2.75) is 12.6 Å². The molecule has 0 radical (unpaired) electrons. The number of carboxylic acid groups (broad SMARTS) is 1. The third kappa shape index (κ3) is 3.06. The van der Waals surface area contributed by atoms with E-state index < -0.39 is 29.9 Å². The summed E-state index contributed by atoms with van der Waals surface area (Å²) in [6.07, 6.45) is -5.28. The minimum Gasteiger partial charge on any atom is -0.481 e. The molecule has 0 spiro atoms. The number of carboxylic acids is 1. The molecular formula is C9H5F4IO2. The van der Waals surface area contributed by atoms with Crippen molar-refractivity contribution >= 4 is 28.6 Å². The Morgan fingerprint density at radius 1 is 1.38 bits per heavy atom. The molecular weight excluding hydrogens is 343 g/mol. The first-order valence-electron chi connectivity index (χ1n) is 3.98. The fourth-order valence-corrected chi connectivity index (χ4v) is 2.14. The Balaban J connectivity index is 3.23. The lowest BCUT2D eigenvalue weighted by atomic mass is 10.1. The molecule has 0 aromatic heterocycles. The molecule has 1 aromatic carbocycles. The molecule has 0 aliphatic rings. The topological polar surface area (TPSA) is 37.3 Å². The number of rotatable bonds is 2. The first kappa shape index (κ1) is 13.2. The Morgan fingerprint density at radius 2 is 1.94 bits per heavy atom. The standard InChI is InChI=1S/C9H5F4IO2/c10-5-1-4(3-7(15)16)2-6(14)8(5)9(11,12)13/h1-2H,3H2,(H,15,16). The molecule has 0 saturated heterocycles. The van der Waals surface area contributed by atoms with Crippen LogP contribution in [0.1, 0.15) is 11.1 Å². The van der Waals surface area contributed by atoms with Crippen molar-refractivity contribution in [2.24, 2.45) is 0 Å². The average Bonchev–Trinajstić information content (AvgIpc) is 1.96. The highest BCUT2D eigenvalue weighted by atomic mass is 127. The van der Waals surface area contributed by atoms with Gasteiger partial charge in [-0.15, -0.1) is 0 Å². The summed E-state index contributed by atoms with van der Waals surface area (Å²) >= 11 is 1.33. The van der Waals surface area contributed by atoms with Gasteiger partial charge in [0.05, 0.1) is 6.42 Å². The van der Waals surface area contributed by atoms with Crippen LogP contribution in [0.3, 0.4) is 0 Å². The molecule has 1 N–H and O–H groups in total. The van der Waals surface area contributed by atoms with Crippen molar-refractivity contribution in [1.82, 2.24) is 0 Å². The van der Waals surface area contributed by atoms with Crippen molar-refractivity contribution in [3.05, 3.63) is 32.6 Å². The number of aliphatic carboxylic acids is 1. The van der Waals surface area contributed by atoms with E-state index in [1.54, 1.807) is 0 Å². The molecule has 7 heteroatoms. The Labute approximate surface area is 101 Å². The second-order valence-electron chi connectivity index (χ2n) is 3.00. The van der Waals surface area contributed by atoms with E-state index in [1.807, 2.05) is 0 Å². The minimum atomic E-state index is -4.78. The van der Waals surface area contributed by atoms with Crippen LogP contribution in [0.15, 0.2) is 12.1 Å². The molecule has 0 fully saturated rings. The maximum absolute atomic E-state index is 13.1. The van der Waals surface area contributed by atoms with Gasteiger partial charge in [-0.1, -0.05) is 0 Å². The summed E-state index contributed by atoms with van der Waals surface area (Å²) in [4.78, 5) is 10.3. The summed E-state index contributed by atoms with van der Waals surface area (Å²) in [5, 5.41) is 8.43. The first-order chi connectivity index (χ1) is 7.21. The van der Waals surface area contributed by atoms with E-state index >= 15 is 0 Å². The van der Waals surface area contributed by atoms with E-state index in [1.165, 1.54) is 22.6 Å². The average molecular weight is 348 g/mol. The van der Waals surface area contributed by atoms with Crippen LogP contribution >= 0.6 is 22.6 Å². The highest BCUT2D eigenvalue weighted by Crippen LogP contribution is 2.35. The monoisotopic (exact) mass is 348 g/mol. The van der Waals surface area contributed by atoms with Crippen LogP contribution in [-0.2, 0) is 17.4 Å². The fourth-order valence-electron chi connectivity index (χ4n) is 1.17. The zero-order valence-corrected chi connectivity index (χ0v) is 9.76. The van der Waals surface area contributed by atoms with Crippen LogP contribution in [0.5, 0.6) is 0 Å². The molecule has 0 unspecified atom stereocenters. The molecule has 1 aromatic rings. The van der Waals surface area contributed by atoms with E-state index in [4.69, 9.17) is 5.11 Å². The SMILES string of the molecule is O=C(O)Cc1cc(F)c(C(F)(F)F)c(I)c1. The van der Waals surface area contributed by atoms with Gasteiger partial charge in [-0.3, -0.25) is 4.79 Å². The summed E-state index contributed by atoms with van der Waals surface area (Å²) in [6.45, 7) is 0. The highest BCUT2D eigenvalue weighted by Gasteiger charge is 2.36. The number of benzene rings is 1. The normalized spacial score (nSPS) is 11.6. The Bertz CT molecular complexity index is 405. The lowest BCUT2D eigenvalue weighted by Crippen LogP contribution is -2.12. The van der Waals surface area contributed by atoms with Crippen molar-refractivity contribution < 1.29 is 27.5 Å². The largest absolute Gasteiger partial charge is 0.481 e. The van der Waals surface area contributed by atoms with Gasteiger partial charge in [0.2, 0.25) is 0 Å². The molecule has 0 atom stereocenters. The van der Waals surface area contributed by atoms with E-state index in [0.717, 1.165) is 6.07 Å². The molecule has 88 valence electrons. The van der Waals surface area contributed by atoms with Crippen LogP contribution in [0.25, 0.3) is 0 Å². The molecule has 0 bridgehead atoms. The summed E-state index contributed by atoms with van der Waals surface area (Å²) in [6, 6.07) is 1.61. The number of alkyl halides is 3. The van der Waals surface area contributed by atoms with Gasteiger partial charge >= 0.3 is 12.1 Å². The van der Waals surface area contributed by atoms with Gasteiger partial charge in [0.15, 0.2) is 0 Å². The van der Waals surface area contributed by atoms with Crippen molar-refractivity contribution in [3.8, 4) is 0 Å². The highest BCUT2D eigenvalue weighted by molar-refractivity contribution is 14.1. The molecule has 2 nitrogen and oxygen atoms in total. The Hall–Kier alpha value is -0.860. The van der Waals surface area contributed by atoms with Crippen molar-refractivity contribution in [2.75, 3.05) is 0 Å². The van der Waals surface area contributed by atoms with Crippen LogP contribution in [0.2, 0.25) is 0 Å². The predicted molar refractivity (Wildman–Crippen MR) is 55.5 cm³/mol. The second kappa shape index (κ2) is 4.56. The van der Waals surface area contributed by atoms with E-state index in [0.29, 0.717) is 6.07 Å². The fraction of sp³-hybridized carbons (Fsp3) is 0.222. The Morgan fingerprint density at radius 3 is 2.31 bits per heavy atom. The molecule has 0 aliphatic carbocycles. The molecule has 0 heterocycles. The van der Waals surface area contributed by atoms with E-state index in [-0.39, 0.29) is 9.13 Å². The number of halogens is 5. The van der Waals surface area contributed by atoms with Crippen LogP contribution in [-0.4, -0.2) is 11.1 Å². The first-order valence-corrected chi connectivity index (χ1v) is 5.06. The summed E-state index contributed by atoms with van der Waals surface area (Å²) < 4.78 is 49.8. The van der Waals surface area contributed by atoms with Crippen LogP contribution in [0, 0.1) is 9.39 Å². The zero-order valence-electron chi connectivity index (χ0n) is 7.61. The van der Waals surface area contributed by atoms with Gasteiger partial charge in [0, 0.05) is 3.57 Å². The lowest BCUT2D eigenvalue weighted by Gasteiger charge is -2.11. The van der Waals surface area contributed by atoms with Gasteiger partial charge in [-0.2, -0.15) is 13.2 Å². The third-order valence-corrected chi connectivity index (χ3v) is 2.59. The summed E-state index contributed by atoms with van der Waals surface area (Å²) in [5.41, 5.74) is -1.36. The van der Waals surface area contributed by atoms with Gasteiger partial charge < -0.3 is 5.11 Å².